The van der Waals surface area contributed by atoms with Crippen LogP contribution in [-0.4, -0.2) is 39.0 Å². The number of benzene rings is 1. The lowest BCUT2D eigenvalue weighted by Crippen LogP contribution is -2.43. The number of hydrogen-bond acceptors (Lipinski definition) is 3. The number of likely N-dealkylation sites (tertiary alicyclic amines) is 1. The van der Waals surface area contributed by atoms with Crippen molar-refractivity contribution in [3.05, 3.63) is 28.7 Å². The normalized spacial score (nSPS) is 18.0. The van der Waals surface area contributed by atoms with Gasteiger partial charge in [0.05, 0.1) is 4.90 Å². The molecule has 1 aliphatic heterocycles. The van der Waals surface area contributed by atoms with Crippen LogP contribution in [0.4, 0.5) is 0 Å². The molecule has 6 heteroatoms. The fourth-order valence-electron chi connectivity index (χ4n) is 2.92. The van der Waals surface area contributed by atoms with E-state index in [2.05, 4.69) is 39.4 Å². The minimum Gasteiger partial charge on any atom is -0.299 e. The van der Waals surface area contributed by atoms with Gasteiger partial charge < -0.3 is 0 Å². The van der Waals surface area contributed by atoms with Gasteiger partial charge in [-0.1, -0.05) is 29.8 Å². The zero-order valence-corrected chi connectivity index (χ0v) is 15.7. The smallest absolute Gasteiger partial charge is 0.240 e. The summed E-state index contributed by atoms with van der Waals surface area (Å²) in [5, 5.41) is 0. The number of hydrogen-bond donors (Lipinski definition) is 1. The van der Waals surface area contributed by atoms with Crippen LogP contribution in [0.15, 0.2) is 33.6 Å². The van der Waals surface area contributed by atoms with E-state index in [0.717, 1.165) is 24.0 Å². The van der Waals surface area contributed by atoms with Crippen LogP contribution in [0.3, 0.4) is 0 Å². The molecule has 1 heterocycles. The molecule has 124 valence electrons. The predicted octanol–water partition coefficient (Wildman–Crippen LogP) is 3.24. The van der Waals surface area contributed by atoms with Crippen LogP contribution in [0, 0.1) is 5.92 Å². The predicted molar refractivity (Wildman–Crippen MR) is 93.4 cm³/mol. The van der Waals surface area contributed by atoms with Crippen molar-refractivity contribution in [3.63, 3.8) is 0 Å². The van der Waals surface area contributed by atoms with Crippen molar-refractivity contribution in [1.82, 2.24) is 9.62 Å². The van der Waals surface area contributed by atoms with Crippen molar-refractivity contribution in [3.8, 4) is 0 Å². The van der Waals surface area contributed by atoms with Crippen LogP contribution in [0.1, 0.15) is 33.1 Å². The highest BCUT2D eigenvalue weighted by Crippen LogP contribution is 2.19. The molecule has 1 aliphatic rings. The van der Waals surface area contributed by atoms with Gasteiger partial charge in [0.2, 0.25) is 10.0 Å². The van der Waals surface area contributed by atoms with E-state index < -0.39 is 10.0 Å². The van der Waals surface area contributed by atoms with Crippen LogP contribution in [0.2, 0.25) is 0 Å². The molecule has 0 saturated carbocycles. The lowest BCUT2D eigenvalue weighted by molar-refractivity contribution is 0.214. The number of sulfonamides is 1. The molecule has 1 aromatic carbocycles. The summed E-state index contributed by atoms with van der Waals surface area (Å²) in [6, 6.07) is 7.04. The van der Waals surface area contributed by atoms with Crippen LogP contribution in [-0.2, 0) is 10.0 Å². The summed E-state index contributed by atoms with van der Waals surface area (Å²) in [7, 11) is -3.43. The number of nitrogens with one attached hydrogen (secondary N) is 1. The average Bonchev–Trinajstić information content (AvgIpc) is 2.97. The second kappa shape index (κ2) is 7.90. The molecule has 1 saturated heterocycles. The van der Waals surface area contributed by atoms with Gasteiger partial charge in [0.15, 0.2) is 0 Å². The minimum atomic E-state index is -3.43. The molecular formula is C16H25BrN2O2S. The summed E-state index contributed by atoms with van der Waals surface area (Å²) in [4.78, 5) is 2.74. The third kappa shape index (κ3) is 5.05. The second-order valence-electron chi connectivity index (χ2n) is 6.33. The van der Waals surface area contributed by atoms with E-state index in [1.54, 1.807) is 24.3 Å². The topological polar surface area (TPSA) is 49.4 Å². The number of nitrogens with zero attached hydrogens (tertiary/aromatic N) is 1. The van der Waals surface area contributed by atoms with Gasteiger partial charge in [-0.25, -0.2) is 13.1 Å². The third-order valence-corrected chi connectivity index (χ3v) is 6.00. The minimum absolute atomic E-state index is 0.285. The zero-order chi connectivity index (χ0) is 16.2. The fraction of sp³-hybridized carbons (Fsp3) is 0.625. The van der Waals surface area contributed by atoms with Crippen LogP contribution in [0.5, 0.6) is 0 Å². The first-order valence-corrected chi connectivity index (χ1v) is 10.2. The average molecular weight is 389 g/mol. The maximum absolute atomic E-state index is 12.4. The van der Waals surface area contributed by atoms with Gasteiger partial charge in [-0.3, -0.25) is 4.90 Å². The molecule has 0 aliphatic carbocycles. The number of halogens is 1. The van der Waals surface area contributed by atoms with E-state index in [4.69, 9.17) is 0 Å². The molecule has 1 fully saturated rings. The van der Waals surface area contributed by atoms with E-state index in [-0.39, 0.29) is 6.04 Å². The Kier molecular flexibility index (Phi) is 6.44. The summed E-state index contributed by atoms with van der Waals surface area (Å²) in [6.07, 6.45) is 3.45. The maximum atomic E-state index is 12.4. The molecule has 1 atom stereocenters. The first kappa shape index (κ1) is 17.9. The van der Waals surface area contributed by atoms with Crippen LogP contribution in [0.25, 0.3) is 0 Å². The molecule has 22 heavy (non-hydrogen) atoms. The Morgan fingerprint density at radius 2 is 1.77 bits per heavy atom. The van der Waals surface area contributed by atoms with Gasteiger partial charge in [-0.2, -0.15) is 0 Å². The Morgan fingerprint density at radius 1 is 1.18 bits per heavy atom. The van der Waals surface area contributed by atoms with Crippen molar-refractivity contribution in [1.29, 1.82) is 0 Å². The fourth-order valence-corrected chi connectivity index (χ4v) is 4.25. The SMILES string of the molecule is CC(C)CC(CNS(=O)(=O)c1ccc(Br)cc1)N1CCCC1. The van der Waals surface area contributed by atoms with Crippen molar-refractivity contribution < 1.29 is 8.42 Å². The van der Waals surface area contributed by atoms with E-state index >= 15 is 0 Å². The zero-order valence-electron chi connectivity index (χ0n) is 13.3. The Hall–Kier alpha value is -0.430. The van der Waals surface area contributed by atoms with Crippen molar-refractivity contribution in [2.24, 2.45) is 5.92 Å². The summed E-state index contributed by atoms with van der Waals surface area (Å²) in [5.41, 5.74) is 0. The summed E-state index contributed by atoms with van der Waals surface area (Å²) in [6.45, 7) is 7.02. The van der Waals surface area contributed by atoms with E-state index in [1.807, 2.05) is 0 Å². The second-order valence-corrected chi connectivity index (χ2v) is 9.01. The molecule has 0 spiro atoms. The highest BCUT2D eigenvalue weighted by molar-refractivity contribution is 9.10. The molecule has 1 unspecified atom stereocenters. The summed E-state index contributed by atoms with van der Waals surface area (Å²) >= 11 is 3.32. The van der Waals surface area contributed by atoms with Crippen molar-refractivity contribution >= 4 is 26.0 Å². The molecule has 0 radical (unpaired) electrons. The van der Waals surface area contributed by atoms with Gasteiger partial charge >= 0.3 is 0 Å². The Balaban J connectivity index is 2.02. The van der Waals surface area contributed by atoms with Crippen molar-refractivity contribution in [2.45, 2.75) is 44.0 Å². The lowest BCUT2D eigenvalue weighted by atomic mass is 10.0. The number of rotatable bonds is 7. The first-order valence-electron chi connectivity index (χ1n) is 7.88. The largest absolute Gasteiger partial charge is 0.299 e. The maximum Gasteiger partial charge on any atom is 0.240 e. The molecule has 0 aromatic heterocycles. The Morgan fingerprint density at radius 3 is 2.32 bits per heavy atom. The summed E-state index contributed by atoms with van der Waals surface area (Å²) in [5.74, 6) is 0.558. The quantitative estimate of drug-likeness (QED) is 0.779. The monoisotopic (exact) mass is 388 g/mol. The summed E-state index contributed by atoms with van der Waals surface area (Å²) < 4.78 is 28.5. The van der Waals surface area contributed by atoms with Crippen molar-refractivity contribution in [2.75, 3.05) is 19.6 Å². The van der Waals surface area contributed by atoms with Gasteiger partial charge in [0.1, 0.15) is 0 Å². The van der Waals surface area contributed by atoms with Gasteiger partial charge in [-0.05, 0) is 62.5 Å². The molecule has 1 aromatic rings. The molecule has 0 amide bonds. The molecule has 2 rings (SSSR count). The van der Waals surface area contributed by atoms with Gasteiger partial charge in [0.25, 0.3) is 0 Å². The lowest BCUT2D eigenvalue weighted by Gasteiger charge is -2.29. The first-order chi connectivity index (χ1) is 10.4. The molecule has 4 nitrogen and oxygen atoms in total. The standard InChI is InChI=1S/C16H25BrN2O2S/c1-13(2)11-15(19-9-3-4-10-19)12-18-22(20,21)16-7-5-14(17)6-8-16/h5-8,13,15,18H,3-4,9-12H2,1-2H3. The third-order valence-electron chi connectivity index (χ3n) is 4.03. The van der Waals surface area contributed by atoms with E-state index in [0.29, 0.717) is 17.4 Å². The molecule has 1 N–H and O–H groups in total. The van der Waals surface area contributed by atoms with Crippen LogP contribution >= 0.6 is 15.9 Å². The Bertz CT molecular complexity index is 566. The van der Waals surface area contributed by atoms with E-state index in [1.165, 1.54) is 12.8 Å². The van der Waals surface area contributed by atoms with E-state index in [9.17, 15) is 8.42 Å². The molecule has 0 bridgehead atoms. The van der Waals surface area contributed by atoms with Gasteiger partial charge in [0, 0.05) is 17.1 Å². The highest BCUT2D eigenvalue weighted by Gasteiger charge is 2.24. The van der Waals surface area contributed by atoms with Gasteiger partial charge in [-0.15, -0.1) is 0 Å². The highest BCUT2D eigenvalue weighted by atomic mass is 79.9. The van der Waals surface area contributed by atoms with Crippen LogP contribution < -0.4 is 4.72 Å². The molecular weight excluding hydrogens is 364 g/mol. The Labute approximate surface area is 142 Å².